The summed E-state index contributed by atoms with van der Waals surface area (Å²) in [5, 5.41) is 3.23. The molecular formula is C25H32NSiTi. The van der Waals surface area contributed by atoms with Crippen molar-refractivity contribution in [2.24, 2.45) is 5.92 Å². The van der Waals surface area contributed by atoms with E-state index in [2.05, 4.69) is 92.2 Å². The molecule has 2 aromatic carbocycles. The topological polar surface area (TPSA) is 12.0 Å². The quantitative estimate of drug-likeness (QED) is 0.678. The van der Waals surface area contributed by atoms with Gasteiger partial charge in [-0.3, -0.25) is 0 Å². The van der Waals surface area contributed by atoms with E-state index >= 15 is 0 Å². The number of hydrogen-bond donors (Lipinski definition) is 1. The molecule has 2 aliphatic carbocycles. The molecule has 0 amide bonds. The van der Waals surface area contributed by atoms with Crippen LogP contribution in [0.3, 0.4) is 0 Å². The standard InChI is InChI=1S/C12H11Si.C9H13.C4H8N.Ti/c1-3-7-11(8-4-1)13-12-9-5-2-6-10-12;1-6-5-7(2)9(4)8(6)3;5-4-2-1-3-4;/h1-10,13H;6H,1-4H3;4-5H,1-3H2;/q;;-1;+1. The van der Waals surface area contributed by atoms with Crippen LogP contribution in [-0.4, -0.2) is 12.7 Å². The third-order valence-electron chi connectivity index (χ3n) is 6.95. The summed E-state index contributed by atoms with van der Waals surface area (Å²) in [7, 11) is 0. The van der Waals surface area contributed by atoms with Gasteiger partial charge in [0.2, 0.25) is 0 Å². The third kappa shape index (κ3) is 3.80. The van der Waals surface area contributed by atoms with Crippen LogP contribution in [-0.2, 0) is 17.4 Å². The van der Waals surface area contributed by atoms with E-state index in [-0.39, 0.29) is 0 Å². The van der Waals surface area contributed by atoms with Crippen LogP contribution in [0.4, 0.5) is 0 Å². The van der Waals surface area contributed by atoms with Gasteiger partial charge in [-0.1, -0.05) is 0 Å². The fourth-order valence-electron chi connectivity index (χ4n) is 4.70. The number of allylic oxidation sites excluding steroid dienone is 4. The first-order valence-electron chi connectivity index (χ1n) is 10.7. The van der Waals surface area contributed by atoms with Crippen molar-refractivity contribution in [1.82, 2.24) is 3.80 Å². The molecule has 0 saturated heterocycles. The van der Waals surface area contributed by atoms with E-state index < -0.39 is 24.0 Å². The molecule has 0 radical (unpaired) electrons. The molecule has 1 unspecified atom stereocenters. The van der Waals surface area contributed by atoms with E-state index in [1.165, 1.54) is 19.3 Å². The van der Waals surface area contributed by atoms with E-state index in [1.807, 2.05) is 3.88 Å². The Morgan fingerprint density at radius 3 is 1.75 bits per heavy atom. The van der Waals surface area contributed by atoms with E-state index in [4.69, 9.17) is 0 Å². The second-order valence-electron chi connectivity index (χ2n) is 8.51. The van der Waals surface area contributed by atoms with Gasteiger partial charge in [0.1, 0.15) is 0 Å². The van der Waals surface area contributed by atoms with E-state index in [1.54, 1.807) is 27.1 Å². The average Bonchev–Trinajstić information content (AvgIpc) is 2.88. The third-order valence-corrected chi connectivity index (χ3v) is 20.7. The van der Waals surface area contributed by atoms with Crippen molar-refractivity contribution in [3.63, 3.8) is 0 Å². The summed E-state index contributed by atoms with van der Waals surface area (Å²) in [6.45, 7) is 8.24. The Labute approximate surface area is 177 Å². The van der Waals surface area contributed by atoms with Crippen molar-refractivity contribution in [2.75, 3.05) is 0 Å². The average molecular weight is 422 g/mol. The first kappa shape index (κ1) is 20.1. The molecule has 0 aromatic heterocycles. The van der Waals surface area contributed by atoms with E-state index in [9.17, 15) is 0 Å². The summed E-state index contributed by atoms with van der Waals surface area (Å²) in [5.41, 5.74) is 4.76. The monoisotopic (exact) mass is 422 g/mol. The normalized spacial score (nSPS) is 20.1. The molecule has 1 fully saturated rings. The Hall–Kier alpha value is -1.19. The van der Waals surface area contributed by atoms with Gasteiger partial charge < -0.3 is 0 Å². The van der Waals surface area contributed by atoms with Gasteiger partial charge in [0.15, 0.2) is 0 Å². The van der Waals surface area contributed by atoms with Crippen LogP contribution in [0.1, 0.15) is 47.0 Å². The van der Waals surface area contributed by atoms with Crippen LogP contribution in [0.2, 0.25) is 0 Å². The molecule has 0 bridgehead atoms. The van der Waals surface area contributed by atoms with Crippen molar-refractivity contribution in [3.05, 3.63) is 81.3 Å². The van der Waals surface area contributed by atoms with Crippen molar-refractivity contribution in [3.8, 4) is 0 Å². The molecule has 1 saturated carbocycles. The Balaban J connectivity index is 1.83. The molecule has 0 spiro atoms. The van der Waals surface area contributed by atoms with Crippen LogP contribution in [0.5, 0.6) is 0 Å². The molecule has 28 heavy (non-hydrogen) atoms. The van der Waals surface area contributed by atoms with Gasteiger partial charge in [-0.15, -0.1) is 0 Å². The summed E-state index contributed by atoms with van der Waals surface area (Å²) in [6, 6.07) is 23.7. The van der Waals surface area contributed by atoms with E-state index in [0.717, 1.165) is 6.04 Å². The molecule has 145 valence electrons. The Morgan fingerprint density at radius 2 is 1.36 bits per heavy atom. The van der Waals surface area contributed by atoms with Crippen molar-refractivity contribution in [2.45, 2.75) is 53.0 Å². The number of hydrogen-bond acceptors (Lipinski definition) is 1. The molecule has 4 rings (SSSR count). The SMILES string of the molecule is CC1=C(C)C(C)[C]([Ti]([NH]C2CCC2)[SiH](c2ccccc2)c2ccccc2)=C1C. The molecule has 1 nitrogen and oxygen atoms in total. The molecule has 1 N–H and O–H groups in total. The Kier molecular flexibility index (Phi) is 6.22. The van der Waals surface area contributed by atoms with Crippen LogP contribution >= 0.6 is 0 Å². The zero-order valence-electron chi connectivity index (χ0n) is 17.6. The fraction of sp³-hybridized carbons (Fsp3) is 0.360. The van der Waals surface area contributed by atoms with Crippen LogP contribution in [0, 0.1) is 5.92 Å². The van der Waals surface area contributed by atoms with Gasteiger partial charge in [-0.2, -0.15) is 0 Å². The van der Waals surface area contributed by atoms with Gasteiger partial charge in [0.25, 0.3) is 0 Å². The summed E-state index contributed by atoms with van der Waals surface area (Å²) in [5.74, 6) is 0.616. The molecule has 3 heteroatoms. The maximum absolute atomic E-state index is 4.34. The van der Waals surface area contributed by atoms with Gasteiger partial charge in [0.05, 0.1) is 0 Å². The molecular weight excluding hydrogens is 390 g/mol. The maximum atomic E-state index is 4.34. The summed E-state index contributed by atoms with van der Waals surface area (Å²) >= 11 is -1.71. The second-order valence-corrected chi connectivity index (χ2v) is 18.4. The van der Waals surface area contributed by atoms with Gasteiger partial charge >= 0.3 is 178 Å². The summed E-state index contributed by atoms with van der Waals surface area (Å²) < 4.78 is 6.16. The van der Waals surface area contributed by atoms with Crippen molar-refractivity contribution in [1.29, 1.82) is 0 Å². The Morgan fingerprint density at radius 1 is 0.821 bits per heavy atom. The molecule has 1 atom stereocenters. The minimum absolute atomic E-state index is 0.616. The Bertz CT molecular complexity index is 844. The molecule has 2 aliphatic rings. The summed E-state index contributed by atoms with van der Waals surface area (Å²) in [6.07, 6.45) is 4.14. The number of rotatable bonds is 6. The second kappa shape index (κ2) is 8.67. The molecule has 2 aromatic rings. The fourth-order valence-corrected chi connectivity index (χ4v) is 20.9. The zero-order valence-corrected chi connectivity index (χ0v) is 20.3. The number of benzene rings is 2. The summed E-state index contributed by atoms with van der Waals surface area (Å²) in [4.78, 5) is 0. The minimum atomic E-state index is -1.71. The van der Waals surface area contributed by atoms with Gasteiger partial charge in [-0.05, 0) is 0 Å². The zero-order chi connectivity index (χ0) is 19.7. The first-order chi connectivity index (χ1) is 13.6. The van der Waals surface area contributed by atoms with Crippen LogP contribution < -0.4 is 14.2 Å². The van der Waals surface area contributed by atoms with E-state index in [0.29, 0.717) is 5.92 Å². The van der Waals surface area contributed by atoms with Gasteiger partial charge in [0, 0.05) is 0 Å². The molecule has 0 aliphatic heterocycles. The van der Waals surface area contributed by atoms with Gasteiger partial charge in [-0.25, -0.2) is 0 Å². The predicted molar refractivity (Wildman–Crippen MR) is 120 cm³/mol. The van der Waals surface area contributed by atoms with Crippen molar-refractivity contribution >= 4 is 17.0 Å². The predicted octanol–water partition coefficient (Wildman–Crippen LogP) is 4.46. The molecule has 0 heterocycles. The van der Waals surface area contributed by atoms with Crippen LogP contribution in [0.25, 0.3) is 0 Å². The van der Waals surface area contributed by atoms with Crippen molar-refractivity contribution < 1.29 is 17.4 Å². The van der Waals surface area contributed by atoms with Crippen LogP contribution in [0.15, 0.2) is 81.3 Å². The number of nitrogens with one attached hydrogen (secondary N) is 1. The first-order valence-corrected chi connectivity index (χ1v) is 16.7.